The molecule has 0 radical (unpaired) electrons. The minimum absolute atomic E-state index is 0.0646. The SMILES string of the molecule is CC(C)(C)c1ccc2c(c1)c1cc(C(C)(C)C)ccc1n2-c1ccc(Nc2cc(N(c3ccccc3)c3ccccc3)ccc2-c2ccc(N(c3ccccc3)c3ccccc3)cc2)c(-c2ccccc2C2=CC2)c1-c1ccccc1C#N. The Labute approximate surface area is 488 Å². The van der Waals surface area contributed by atoms with Gasteiger partial charge in [0.05, 0.1) is 28.4 Å². The van der Waals surface area contributed by atoms with Crippen molar-refractivity contribution in [3.05, 3.63) is 289 Å². The van der Waals surface area contributed by atoms with Crippen molar-refractivity contribution in [1.82, 2.24) is 4.57 Å². The summed E-state index contributed by atoms with van der Waals surface area (Å²) in [7, 11) is 0. The van der Waals surface area contributed by atoms with Crippen LogP contribution in [-0.4, -0.2) is 4.57 Å². The summed E-state index contributed by atoms with van der Waals surface area (Å²) in [4.78, 5) is 4.62. The van der Waals surface area contributed by atoms with E-state index in [9.17, 15) is 5.26 Å². The Hall–Kier alpha value is -10.2. The number of rotatable bonds is 13. The van der Waals surface area contributed by atoms with Crippen LogP contribution < -0.4 is 15.1 Å². The second-order valence-electron chi connectivity index (χ2n) is 23.7. The average Bonchev–Trinajstić information content (AvgIpc) is 2.33. The maximum Gasteiger partial charge on any atom is 0.0998 e. The summed E-state index contributed by atoms with van der Waals surface area (Å²) in [6, 6.07) is 96.2. The highest BCUT2D eigenvalue weighted by molar-refractivity contribution is 6.12. The molecule has 1 heterocycles. The number of hydrogen-bond donors (Lipinski definition) is 1. The lowest BCUT2D eigenvalue weighted by Crippen LogP contribution is -2.11. The first-order chi connectivity index (χ1) is 40.4. The summed E-state index contributed by atoms with van der Waals surface area (Å²) >= 11 is 0. The maximum absolute atomic E-state index is 11.2. The highest BCUT2D eigenvalue weighted by Gasteiger charge is 2.29. The minimum Gasteiger partial charge on any atom is -0.354 e. The Morgan fingerprint density at radius 1 is 0.398 bits per heavy atom. The number of nitrogens with one attached hydrogen (secondary N) is 1. The van der Waals surface area contributed by atoms with Crippen molar-refractivity contribution < 1.29 is 0 Å². The molecule has 12 aromatic rings. The predicted molar refractivity (Wildman–Crippen MR) is 351 cm³/mol. The number of benzene rings is 11. The molecule has 1 aromatic heterocycles. The zero-order chi connectivity index (χ0) is 56.8. The molecule has 0 bridgehead atoms. The molecule has 0 unspecified atom stereocenters. The van der Waals surface area contributed by atoms with E-state index < -0.39 is 0 Å². The molecule has 83 heavy (non-hydrogen) atoms. The first-order valence-electron chi connectivity index (χ1n) is 28.8. The van der Waals surface area contributed by atoms with Gasteiger partial charge in [-0.3, -0.25) is 0 Å². The van der Waals surface area contributed by atoms with Crippen molar-refractivity contribution in [2.75, 3.05) is 15.1 Å². The van der Waals surface area contributed by atoms with Gasteiger partial charge in [-0.15, -0.1) is 0 Å². The molecule has 11 aromatic carbocycles. The van der Waals surface area contributed by atoms with Gasteiger partial charge in [0, 0.05) is 78.5 Å². The quantitative estimate of drug-likeness (QED) is 0.125. The molecular formula is C78H65N5. The fourth-order valence-electron chi connectivity index (χ4n) is 11.9. The lowest BCUT2D eigenvalue weighted by atomic mass is 9.85. The molecule has 0 atom stereocenters. The summed E-state index contributed by atoms with van der Waals surface area (Å²) < 4.78 is 2.46. The topological polar surface area (TPSA) is 47.2 Å². The summed E-state index contributed by atoms with van der Waals surface area (Å²) in [6.07, 6.45) is 3.24. The molecule has 1 N–H and O–H groups in total. The van der Waals surface area contributed by atoms with Crippen LogP contribution in [0.2, 0.25) is 0 Å². The third-order valence-corrected chi connectivity index (χ3v) is 16.2. The largest absolute Gasteiger partial charge is 0.354 e. The molecule has 0 spiro atoms. The minimum atomic E-state index is -0.0646. The molecule has 0 saturated carbocycles. The van der Waals surface area contributed by atoms with E-state index in [0.29, 0.717) is 5.56 Å². The van der Waals surface area contributed by atoms with E-state index in [1.807, 2.05) is 12.1 Å². The molecule has 13 rings (SSSR count). The highest BCUT2D eigenvalue weighted by Crippen LogP contribution is 2.51. The lowest BCUT2D eigenvalue weighted by molar-refractivity contribution is 0.590. The maximum atomic E-state index is 11.2. The number of allylic oxidation sites excluding steroid dienone is 2. The van der Waals surface area contributed by atoms with Crippen LogP contribution in [0.1, 0.15) is 70.2 Å². The number of fused-ring (bicyclic) bond motifs is 3. The van der Waals surface area contributed by atoms with Gasteiger partial charge in [0.15, 0.2) is 0 Å². The summed E-state index contributed by atoms with van der Waals surface area (Å²) in [5.41, 5.74) is 22.9. The van der Waals surface area contributed by atoms with Crippen LogP contribution in [0.15, 0.2) is 267 Å². The number of aromatic nitrogens is 1. The Bertz CT molecular complexity index is 4290. The van der Waals surface area contributed by atoms with E-state index in [0.717, 1.165) is 102 Å². The highest BCUT2D eigenvalue weighted by atomic mass is 15.1. The first-order valence-corrected chi connectivity index (χ1v) is 28.8. The van der Waals surface area contributed by atoms with Gasteiger partial charge in [-0.25, -0.2) is 0 Å². The fourth-order valence-corrected chi connectivity index (χ4v) is 11.9. The van der Waals surface area contributed by atoms with Gasteiger partial charge in [-0.1, -0.05) is 193 Å². The van der Waals surface area contributed by atoms with Gasteiger partial charge < -0.3 is 19.7 Å². The van der Waals surface area contributed by atoms with E-state index in [1.54, 1.807) is 0 Å². The van der Waals surface area contributed by atoms with Crippen molar-refractivity contribution in [2.24, 2.45) is 0 Å². The third kappa shape index (κ3) is 10.0. The number of nitrogens with zero attached hydrogens (tertiary/aromatic N) is 4. The lowest BCUT2D eigenvalue weighted by Gasteiger charge is -2.28. The van der Waals surface area contributed by atoms with Crippen LogP contribution in [0.3, 0.4) is 0 Å². The van der Waals surface area contributed by atoms with Gasteiger partial charge in [-0.2, -0.15) is 5.26 Å². The third-order valence-electron chi connectivity index (χ3n) is 16.2. The Morgan fingerprint density at radius 2 is 0.843 bits per heavy atom. The van der Waals surface area contributed by atoms with Crippen LogP contribution in [0.4, 0.5) is 45.5 Å². The summed E-state index contributed by atoms with van der Waals surface area (Å²) in [6.45, 7) is 13.7. The molecule has 5 heteroatoms. The van der Waals surface area contributed by atoms with E-state index in [2.05, 4.69) is 322 Å². The fraction of sp³-hybridized carbons (Fsp3) is 0.115. The zero-order valence-electron chi connectivity index (χ0n) is 47.9. The molecule has 5 nitrogen and oxygen atoms in total. The Kier molecular flexibility index (Phi) is 13.5. The second-order valence-corrected chi connectivity index (χ2v) is 23.7. The number of anilines is 8. The van der Waals surface area contributed by atoms with Gasteiger partial charge in [0.1, 0.15) is 0 Å². The van der Waals surface area contributed by atoms with Crippen molar-refractivity contribution in [2.45, 2.75) is 58.8 Å². The van der Waals surface area contributed by atoms with Gasteiger partial charge in [0.25, 0.3) is 0 Å². The van der Waals surface area contributed by atoms with Crippen LogP contribution in [-0.2, 0) is 10.8 Å². The summed E-state index contributed by atoms with van der Waals surface area (Å²) in [5, 5.41) is 17.8. The standard InChI is InChI=1S/C78H65N5/c1-77(2,3)56-39-46-72-68(49-56)69-50-57(78(4,5)6)40-47-73(69)83(72)74-48-45-70(75(67-34-22-21-32-64(67)53-35-36-53)76(74)66-33-20-19-23-55(66)52-79)80-71-51-63(82(60-28-15-9-16-29-60)61-30-17-10-18-31-61)43-44-65(71)54-37-41-62(42-38-54)81(58-24-11-7-12-25-58)59-26-13-8-14-27-59/h7-35,37-51,80H,36H2,1-6H3. The van der Waals surface area contributed by atoms with E-state index in [4.69, 9.17) is 0 Å². The second kappa shape index (κ2) is 21.4. The molecule has 0 fully saturated rings. The number of hydrogen-bond acceptors (Lipinski definition) is 4. The normalized spacial score (nSPS) is 12.2. The van der Waals surface area contributed by atoms with Gasteiger partial charge in [-0.05, 0) is 166 Å². The van der Waals surface area contributed by atoms with Crippen molar-refractivity contribution in [3.8, 4) is 45.1 Å². The van der Waals surface area contributed by atoms with Crippen molar-refractivity contribution in [1.29, 1.82) is 5.26 Å². The predicted octanol–water partition coefficient (Wildman–Crippen LogP) is 21.7. The van der Waals surface area contributed by atoms with Crippen LogP contribution >= 0.6 is 0 Å². The molecule has 1 aliphatic carbocycles. The van der Waals surface area contributed by atoms with E-state index >= 15 is 0 Å². The molecule has 1 aliphatic rings. The van der Waals surface area contributed by atoms with E-state index in [-0.39, 0.29) is 10.8 Å². The Balaban J connectivity index is 1.08. The van der Waals surface area contributed by atoms with Crippen molar-refractivity contribution >= 4 is 72.9 Å². The Morgan fingerprint density at radius 3 is 1.34 bits per heavy atom. The van der Waals surface area contributed by atoms with Crippen LogP contribution in [0.25, 0.3) is 66.4 Å². The summed E-state index contributed by atoms with van der Waals surface area (Å²) in [5.74, 6) is 0. The molecule has 402 valence electrons. The molecule has 0 amide bonds. The van der Waals surface area contributed by atoms with Crippen LogP contribution in [0, 0.1) is 11.3 Å². The number of nitriles is 1. The van der Waals surface area contributed by atoms with Gasteiger partial charge in [0.2, 0.25) is 0 Å². The average molecular weight is 1070 g/mol. The van der Waals surface area contributed by atoms with Crippen LogP contribution in [0.5, 0.6) is 0 Å². The number of para-hydroxylation sites is 4. The zero-order valence-corrected chi connectivity index (χ0v) is 47.9. The van der Waals surface area contributed by atoms with Gasteiger partial charge >= 0.3 is 0 Å². The molecular weight excluding hydrogens is 1010 g/mol. The van der Waals surface area contributed by atoms with Crippen molar-refractivity contribution in [3.63, 3.8) is 0 Å². The monoisotopic (exact) mass is 1070 g/mol. The smallest absolute Gasteiger partial charge is 0.0998 e. The van der Waals surface area contributed by atoms with E-state index in [1.165, 1.54) is 33.0 Å². The molecule has 0 aliphatic heterocycles. The molecule has 0 saturated heterocycles. The first kappa shape index (κ1) is 52.2.